The summed E-state index contributed by atoms with van der Waals surface area (Å²) in [6.07, 6.45) is 2.55. The fourth-order valence-electron chi connectivity index (χ4n) is 4.80. The highest BCUT2D eigenvalue weighted by Crippen LogP contribution is 2.29. The average Bonchev–Trinajstić information content (AvgIpc) is 2.84. The summed E-state index contributed by atoms with van der Waals surface area (Å²) in [5.41, 5.74) is 2.53. The smallest absolute Gasteiger partial charge is 0.142 e. The van der Waals surface area contributed by atoms with Crippen LogP contribution >= 0.6 is 0 Å². The Labute approximate surface area is 186 Å². The van der Waals surface area contributed by atoms with E-state index in [0.717, 1.165) is 50.8 Å². The third kappa shape index (κ3) is 5.70. The maximum Gasteiger partial charge on any atom is 0.142 e. The van der Waals surface area contributed by atoms with E-state index >= 15 is 0 Å². The third-order valence-corrected chi connectivity index (χ3v) is 6.43. The Bertz CT molecular complexity index is 806. The SMILES string of the molecule is COc1ccccc1N1CCN(C2CCCN(Cc3ccc(OCCO)cc3)C2)CC1. The first-order valence-electron chi connectivity index (χ1n) is 11.4. The van der Waals surface area contributed by atoms with Gasteiger partial charge in [0.25, 0.3) is 0 Å². The zero-order valence-corrected chi connectivity index (χ0v) is 18.6. The molecule has 31 heavy (non-hydrogen) atoms. The van der Waals surface area contributed by atoms with Gasteiger partial charge in [-0.1, -0.05) is 24.3 Å². The summed E-state index contributed by atoms with van der Waals surface area (Å²) in [6, 6.07) is 17.3. The zero-order chi connectivity index (χ0) is 21.5. The van der Waals surface area contributed by atoms with Crippen molar-refractivity contribution in [1.29, 1.82) is 0 Å². The van der Waals surface area contributed by atoms with E-state index in [1.807, 2.05) is 24.3 Å². The fraction of sp³-hybridized carbons (Fsp3) is 0.520. The Morgan fingerprint density at radius 3 is 2.48 bits per heavy atom. The zero-order valence-electron chi connectivity index (χ0n) is 18.6. The van der Waals surface area contributed by atoms with E-state index in [0.29, 0.717) is 12.6 Å². The van der Waals surface area contributed by atoms with Crippen molar-refractivity contribution >= 4 is 5.69 Å². The Morgan fingerprint density at radius 1 is 0.968 bits per heavy atom. The van der Waals surface area contributed by atoms with Crippen molar-refractivity contribution in [2.75, 3.05) is 64.5 Å². The highest BCUT2D eigenvalue weighted by atomic mass is 16.5. The predicted molar refractivity (Wildman–Crippen MR) is 124 cm³/mol. The number of nitrogens with zero attached hydrogens (tertiary/aromatic N) is 3. The lowest BCUT2D eigenvalue weighted by molar-refractivity contribution is 0.0887. The number of likely N-dealkylation sites (tertiary alicyclic amines) is 1. The number of rotatable bonds is 8. The lowest BCUT2D eigenvalue weighted by atomic mass is 10.0. The molecule has 0 amide bonds. The molecule has 6 nitrogen and oxygen atoms in total. The summed E-state index contributed by atoms with van der Waals surface area (Å²) in [5.74, 6) is 1.79. The van der Waals surface area contributed by atoms with Crippen molar-refractivity contribution < 1.29 is 14.6 Å². The topological polar surface area (TPSA) is 48.4 Å². The summed E-state index contributed by atoms with van der Waals surface area (Å²) >= 11 is 0. The van der Waals surface area contributed by atoms with Gasteiger partial charge in [0.15, 0.2) is 0 Å². The maximum absolute atomic E-state index is 8.88. The molecule has 2 fully saturated rings. The van der Waals surface area contributed by atoms with Crippen LogP contribution in [0.3, 0.4) is 0 Å². The summed E-state index contributed by atoms with van der Waals surface area (Å²) < 4.78 is 11.0. The van der Waals surface area contributed by atoms with Crippen LogP contribution in [0.5, 0.6) is 11.5 Å². The largest absolute Gasteiger partial charge is 0.495 e. The van der Waals surface area contributed by atoms with Gasteiger partial charge < -0.3 is 19.5 Å². The average molecular weight is 426 g/mol. The maximum atomic E-state index is 8.88. The molecule has 0 aliphatic carbocycles. The van der Waals surface area contributed by atoms with E-state index in [4.69, 9.17) is 14.6 Å². The van der Waals surface area contributed by atoms with Crippen LogP contribution in [0.4, 0.5) is 5.69 Å². The van der Waals surface area contributed by atoms with Crippen LogP contribution in [0.15, 0.2) is 48.5 Å². The Kier molecular flexibility index (Phi) is 7.67. The van der Waals surface area contributed by atoms with Gasteiger partial charge in [-0.2, -0.15) is 0 Å². The molecular weight excluding hydrogens is 390 g/mol. The number of aliphatic hydroxyl groups is 1. The number of methoxy groups -OCH3 is 1. The fourth-order valence-corrected chi connectivity index (χ4v) is 4.80. The third-order valence-electron chi connectivity index (χ3n) is 6.43. The Balaban J connectivity index is 1.28. The number of ether oxygens (including phenoxy) is 2. The summed E-state index contributed by atoms with van der Waals surface area (Å²) in [6.45, 7) is 7.98. The van der Waals surface area contributed by atoms with E-state index in [1.165, 1.54) is 30.6 Å². The molecule has 2 heterocycles. The van der Waals surface area contributed by atoms with Gasteiger partial charge in [-0.05, 0) is 49.2 Å². The molecule has 0 bridgehead atoms. The van der Waals surface area contributed by atoms with E-state index < -0.39 is 0 Å². The molecule has 0 radical (unpaired) electrons. The molecule has 0 aromatic heterocycles. The number of hydrogen-bond donors (Lipinski definition) is 1. The molecule has 0 saturated carbocycles. The Morgan fingerprint density at radius 2 is 1.74 bits per heavy atom. The van der Waals surface area contributed by atoms with Crippen molar-refractivity contribution in [3.8, 4) is 11.5 Å². The van der Waals surface area contributed by atoms with Gasteiger partial charge in [0.2, 0.25) is 0 Å². The number of piperidine rings is 1. The first-order chi connectivity index (χ1) is 15.3. The van der Waals surface area contributed by atoms with Gasteiger partial charge >= 0.3 is 0 Å². The van der Waals surface area contributed by atoms with Crippen LogP contribution in [0.2, 0.25) is 0 Å². The lowest BCUT2D eigenvalue weighted by Gasteiger charge is -2.44. The van der Waals surface area contributed by atoms with Crippen LogP contribution in [-0.4, -0.2) is 80.5 Å². The second-order valence-electron chi connectivity index (χ2n) is 8.44. The summed E-state index contributed by atoms with van der Waals surface area (Å²) in [5, 5.41) is 8.88. The van der Waals surface area contributed by atoms with Crippen LogP contribution in [-0.2, 0) is 6.54 Å². The molecule has 2 aliphatic rings. The van der Waals surface area contributed by atoms with E-state index in [1.54, 1.807) is 7.11 Å². The normalized spacial score (nSPS) is 20.6. The first-order valence-corrected chi connectivity index (χ1v) is 11.4. The van der Waals surface area contributed by atoms with Crippen LogP contribution in [0.1, 0.15) is 18.4 Å². The van der Waals surface area contributed by atoms with Gasteiger partial charge in [-0.3, -0.25) is 9.80 Å². The van der Waals surface area contributed by atoms with Crippen LogP contribution in [0, 0.1) is 0 Å². The van der Waals surface area contributed by atoms with Gasteiger partial charge in [-0.15, -0.1) is 0 Å². The number of aliphatic hydroxyl groups excluding tert-OH is 1. The minimum absolute atomic E-state index is 0.0457. The number of para-hydroxylation sites is 2. The predicted octanol–water partition coefficient (Wildman–Crippen LogP) is 2.85. The standard InChI is InChI=1S/C25H35N3O3/c1-30-25-7-3-2-6-24(25)28-15-13-27(14-16-28)22-5-4-12-26(20-22)19-21-8-10-23(11-9-21)31-18-17-29/h2-3,6-11,22,29H,4-5,12-20H2,1H3. The first kappa shape index (κ1) is 21.9. The van der Waals surface area contributed by atoms with Crippen molar-refractivity contribution in [1.82, 2.24) is 9.80 Å². The lowest BCUT2D eigenvalue weighted by Crippen LogP contribution is -2.55. The molecule has 2 saturated heterocycles. The molecular formula is C25H35N3O3. The number of hydrogen-bond acceptors (Lipinski definition) is 6. The van der Waals surface area contributed by atoms with Crippen LogP contribution < -0.4 is 14.4 Å². The minimum atomic E-state index is 0.0457. The second kappa shape index (κ2) is 10.8. The van der Waals surface area contributed by atoms with Crippen molar-refractivity contribution in [3.05, 3.63) is 54.1 Å². The van der Waals surface area contributed by atoms with Crippen molar-refractivity contribution in [3.63, 3.8) is 0 Å². The molecule has 1 unspecified atom stereocenters. The molecule has 4 rings (SSSR count). The number of benzene rings is 2. The molecule has 168 valence electrons. The molecule has 2 aromatic rings. The summed E-state index contributed by atoms with van der Waals surface area (Å²) in [7, 11) is 1.75. The highest BCUT2D eigenvalue weighted by molar-refractivity contribution is 5.58. The van der Waals surface area contributed by atoms with Gasteiger partial charge in [0, 0.05) is 45.3 Å². The van der Waals surface area contributed by atoms with Gasteiger partial charge in [0.1, 0.15) is 18.1 Å². The Hall–Kier alpha value is -2.28. The van der Waals surface area contributed by atoms with Gasteiger partial charge in [-0.25, -0.2) is 0 Å². The molecule has 2 aromatic carbocycles. The van der Waals surface area contributed by atoms with E-state index in [2.05, 4.69) is 39.0 Å². The van der Waals surface area contributed by atoms with E-state index in [-0.39, 0.29) is 6.61 Å². The summed E-state index contributed by atoms with van der Waals surface area (Å²) in [4.78, 5) is 7.73. The van der Waals surface area contributed by atoms with Crippen LogP contribution in [0.25, 0.3) is 0 Å². The quantitative estimate of drug-likeness (QED) is 0.702. The monoisotopic (exact) mass is 425 g/mol. The van der Waals surface area contributed by atoms with Crippen molar-refractivity contribution in [2.24, 2.45) is 0 Å². The number of anilines is 1. The minimum Gasteiger partial charge on any atom is -0.495 e. The molecule has 1 atom stereocenters. The molecule has 6 heteroatoms. The van der Waals surface area contributed by atoms with Crippen molar-refractivity contribution in [2.45, 2.75) is 25.4 Å². The molecule has 1 N–H and O–H groups in total. The number of piperazine rings is 1. The second-order valence-corrected chi connectivity index (χ2v) is 8.44. The molecule has 0 spiro atoms. The molecule has 2 aliphatic heterocycles. The van der Waals surface area contributed by atoms with Gasteiger partial charge in [0.05, 0.1) is 19.4 Å². The van der Waals surface area contributed by atoms with E-state index in [9.17, 15) is 0 Å². The highest BCUT2D eigenvalue weighted by Gasteiger charge is 2.28.